The van der Waals surface area contributed by atoms with Crippen LogP contribution in [0.3, 0.4) is 0 Å². The second-order valence-electron chi connectivity index (χ2n) is 3.39. The summed E-state index contributed by atoms with van der Waals surface area (Å²) in [6.07, 6.45) is 0.931. The first-order valence-electron chi connectivity index (χ1n) is 4.94. The number of nitrogens with one attached hydrogen (secondary N) is 1. The van der Waals surface area contributed by atoms with Gasteiger partial charge in [-0.15, -0.1) is 0 Å². The minimum Gasteiger partial charge on any atom is -0.481 e. The number of aliphatic carboxylic acids is 1. The molecule has 0 aromatic heterocycles. The highest BCUT2D eigenvalue weighted by molar-refractivity contribution is 5.85. The zero-order valence-corrected chi connectivity index (χ0v) is 8.89. The van der Waals surface area contributed by atoms with E-state index in [9.17, 15) is 14.4 Å². The summed E-state index contributed by atoms with van der Waals surface area (Å²) in [5.41, 5.74) is 10.8. The standard InChI is InChI=1S/C9H17N3O4/c10-3-1-2-7(11)9(16)12-6(5-13)4-8(14)15/h5-7H,1-4,10-11H2,(H,12,16)(H,14,15)/t6-,7-/m0/s1. The van der Waals surface area contributed by atoms with Crippen molar-refractivity contribution < 1.29 is 19.5 Å². The molecule has 0 fully saturated rings. The van der Waals surface area contributed by atoms with Gasteiger partial charge in [0.2, 0.25) is 5.91 Å². The largest absolute Gasteiger partial charge is 0.481 e. The lowest BCUT2D eigenvalue weighted by Crippen LogP contribution is -2.46. The molecule has 0 aromatic carbocycles. The smallest absolute Gasteiger partial charge is 0.305 e. The van der Waals surface area contributed by atoms with Crippen LogP contribution in [0.1, 0.15) is 19.3 Å². The molecule has 0 saturated heterocycles. The van der Waals surface area contributed by atoms with Crippen LogP contribution >= 0.6 is 0 Å². The molecule has 92 valence electrons. The van der Waals surface area contributed by atoms with Gasteiger partial charge in [0.1, 0.15) is 6.29 Å². The second kappa shape index (κ2) is 7.77. The van der Waals surface area contributed by atoms with Crippen LogP contribution in [0.4, 0.5) is 0 Å². The lowest BCUT2D eigenvalue weighted by Gasteiger charge is -2.14. The van der Waals surface area contributed by atoms with Gasteiger partial charge >= 0.3 is 5.97 Å². The molecule has 6 N–H and O–H groups in total. The van der Waals surface area contributed by atoms with E-state index in [2.05, 4.69) is 5.32 Å². The van der Waals surface area contributed by atoms with Crippen LogP contribution in [0.15, 0.2) is 0 Å². The topological polar surface area (TPSA) is 136 Å². The van der Waals surface area contributed by atoms with Gasteiger partial charge in [0.25, 0.3) is 0 Å². The summed E-state index contributed by atoms with van der Waals surface area (Å²) < 4.78 is 0. The lowest BCUT2D eigenvalue weighted by molar-refractivity contribution is -0.138. The lowest BCUT2D eigenvalue weighted by atomic mass is 10.1. The highest BCUT2D eigenvalue weighted by atomic mass is 16.4. The first-order valence-corrected chi connectivity index (χ1v) is 4.94. The molecule has 1 amide bonds. The van der Waals surface area contributed by atoms with Crippen LogP contribution in [0, 0.1) is 0 Å². The number of carboxylic acid groups (broad SMARTS) is 1. The van der Waals surface area contributed by atoms with Crippen molar-refractivity contribution >= 4 is 18.2 Å². The van der Waals surface area contributed by atoms with Crippen LogP contribution in [0.5, 0.6) is 0 Å². The molecule has 0 rings (SSSR count). The van der Waals surface area contributed by atoms with E-state index < -0.39 is 30.4 Å². The normalized spacial score (nSPS) is 13.9. The first kappa shape index (κ1) is 14.5. The van der Waals surface area contributed by atoms with Crippen molar-refractivity contribution in [2.45, 2.75) is 31.3 Å². The molecule has 0 aliphatic heterocycles. The van der Waals surface area contributed by atoms with E-state index in [1.165, 1.54) is 0 Å². The quantitative estimate of drug-likeness (QED) is 0.364. The third-order valence-corrected chi connectivity index (χ3v) is 1.94. The number of carbonyl (C=O) groups is 3. The zero-order valence-electron chi connectivity index (χ0n) is 8.89. The maximum Gasteiger partial charge on any atom is 0.305 e. The van der Waals surface area contributed by atoms with Gasteiger partial charge in [0.15, 0.2) is 0 Å². The molecule has 16 heavy (non-hydrogen) atoms. The first-order chi connectivity index (χ1) is 7.51. The van der Waals surface area contributed by atoms with E-state index in [1.807, 2.05) is 0 Å². The molecule has 0 radical (unpaired) electrons. The van der Waals surface area contributed by atoms with Crippen molar-refractivity contribution in [3.63, 3.8) is 0 Å². The Morgan fingerprint density at radius 1 is 1.44 bits per heavy atom. The highest BCUT2D eigenvalue weighted by Gasteiger charge is 2.19. The summed E-state index contributed by atoms with van der Waals surface area (Å²) in [5, 5.41) is 10.7. The minimum atomic E-state index is -1.16. The molecular formula is C9H17N3O4. The minimum absolute atomic E-state index is 0.377. The SMILES string of the molecule is NCCC[C@H](N)C(=O)N[C@H](C=O)CC(=O)O. The van der Waals surface area contributed by atoms with Gasteiger partial charge in [-0.1, -0.05) is 0 Å². The number of rotatable bonds is 8. The molecule has 0 aliphatic rings. The predicted octanol–water partition coefficient (Wildman–Crippen LogP) is -1.79. The van der Waals surface area contributed by atoms with Crippen molar-refractivity contribution in [2.24, 2.45) is 11.5 Å². The molecule has 0 spiro atoms. The molecule has 7 nitrogen and oxygen atoms in total. The van der Waals surface area contributed by atoms with Gasteiger partial charge in [0, 0.05) is 0 Å². The Labute approximate surface area is 93.2 Å². The Morgan fingerprint density at radius 3 is 2.50 bits per heavy atom. The molecule has 0 heterocycles. The maximum atomic E-state index is 11.4. The third-order valence-electron chi connectivity index (χ3n) is 1.94. The summed E-state index contributed by atoms with van der Waals surface area (Å²) in [6.45, 7) is 0.424. The fraction of sp³-hybridized carbons (Fsp3) is 0.667. The molecule has 0 saturated carbocycles. The van der Waals surface area contributed by atoms with Crippen molar-refractivity contribution in [1.82, 2.24) is 5.32 Å². The van der Waals surface area contributed by atoms with E-state index in [1.54, 1.807) is 0 Å². The predicted molar refractivity (Wildman–Crippen MR) is 56.5 cm³/mol. The van der Waals surface area contributed by atoms with Gasteiger partial charge < -0.3 is 26.7 Å². The van der Waals surface area contributed by atoms with E-state index in [4.69, 9.17) is 16.6 Å². The molecular weight excluding hydrogens is 214 g/mol. The fourth-order valence-corrected chi connectivity index (χ4v) is 1.08. The Hall–Kier alpha value is -1.47. The van der Waals surface area contributed by atoms with Crippen molar-refractivity contribution in [3.05, 3.63) is 0 Å². The third kappa shape index (κ3) is 6.10. The van der Waals surface area contributed by atoms with Gasteiger partial charge in [-0.2, -0.15) is 0 Å². The molecule has 0 aliphatic carbocycles. The number of amides is 1. The van der Waals surface area contributed by atoms with Gasteiger partial charge in [-0.3, -0.25) is 9.59 Å². The Bertz CT molecular complexity index is 257. The second-order valence-corrected chi connectivity index (χ2v) is 3.39. The monoisotopic (exact) mass is 231 g/mol. The Morgan fingerprint density at radius 2 is 2.06 bits per heavy atom. The van der Waals surface area contributed by atoms with Gasteiger partial charge in [0.05, 0.1) is 18.5 Å². The van der Waals surface area contributed by atoms with Crippen LogP contribution in [0.2, 0.25) is 0 Å². The zero-order chi connectivity index (χ0) is 12.6. The van der Waals surface area contributed by atoms with Crippen molar-refractivity contribution in [1.29, 1.82) is 0 Å². The average Bonchev–Trinajstić information content (AvgIpc) is 2.23. The number of aldehydes is 1. The molecule has 0 aromatic rings. The Balaban J connectivity index is 4.08. The van der Waals surface area contributed by atoms with E-state index in [0.29, 0.717) is 25.7 Å². The number of hydrogen-bond acceptors (Lipinski definition) is 5. The van der Waals surface area contributed by atoms with Crippen LogP contribution in [-0.4, -0.2) is 41.9 Å². The van der Waals surface area contributed by atoms with Crippen molar-refractivity contribution in [2.75, 3.05) is 6.54 Å². The number of nitrogens with two attached hydrogens (primary N) is 2. The highest BCUT2D eigenvalue weighted by Crippen LogP contribution is 1.95. The summed E-state index contributed by atoms with van der Waals surface area (Å²) in [7, 11) is 0. The van der Waals surface area contributed by atoms with Crippen molar-refractivity contribution in [3.8, 4) is 0 Å². The number of carbonyl (C=O) groups excluding carboxylic acids is 2. The average molecular weight is 231 g/mol. The van der Waals surface area contributed by atoms with E-state index in [0.717, 1.165) is 0 Å². The van der Waals surface area contributed by atoms with Crippen LogP contribution in [-0.2, 0) is 14.4 Å². The summed E-state index contributed by atoms with van der Waals surface area (Å²) in [5.74, 6) is -1.69. The molecule has 7 heteroatoms. The maximum absolute atomic E-state index is 11.4. The molecule has 0 bridgehead atoms. The summed E-state index contributed by atoms with van der Waals surface area (Å²) in [4.78, 5) is 32.2. The van der Waals surface area contributed by atoms with Crippen LogP contribution < -0.4 is 16.8 Å². The van der Waals surface area contributed by atoms with E-state index >= 15 is 0 Å². The van der Waals surface area contributed by atoms with E-state index in [-0.39, 0.29) is 0 Å². The number of hydrogen-bond donors (Lipinski definition) is 4. The van der Waals surface area contributed by atoms with Gasteiger partial charge in [-0.05, 0) is 19.4 Å². The van der Waals surface area contributed by atoms with Gasteiger partial charge in [-0.25, -0.2) is 0 Å². The van der Waals surface area contributed by atoms with Crippen LogP contribution in [0.25, 0.3) is 0 Å². The fourth-order valence-electron chi connectivity index (χ4n) is 1.08. The molecule has 2 atom stereocenters. The summed E-state index contributed by atoms with van der Waals surface area (Å²) in [6, 6.07) is -1.80. The summed E-state index contributed by atoms with van der Waals surface area (Å²) >= 11 is 0. The molecule has 0 unspecified atom stereocenters. The Kier molecular flexibility index (Phi) is 7.06. The number of carboxylic acids is 1.